The van der Waals surface area contributed by atoms with Gasteiger partial charge in [0.15, 0.2) is 0 Å². The maximum Gasteiger partial charge on any atom is 0.0594 e. The van der Waals surface area contributed by atoms with Gasteiger partial charge in [-0.25, -0.2) is 0 Å². The van der Waals surface area contributed by atoms with Crippen molar-refractivity contribution in [2.45, 2.75) is 52.1 Å². The second-order valence-corrected chi connectivity index (χ2v) is 6.60. The van der Waals surface area contributed by atoms with Crippen molar-refractivity contribution in [1.29, 1.82) is 0 Å². The van der Waals surface area contributed by atoms with Crippen molar-refractivity contribution in [3.05, 3.63) is 0 Å². The van der Waals surface area contributed by atoms with Gasteiger partial charge < -0.3 is 10.1 Å². The first-order valence-electron chi connectivity index (χ1n) is 7.69. The Balaban J connectivity index is 1.70. The molecule has 3 unspecified atom stereocenters. The van der Waals surface area contributed by atoms with E-state index in [2.05, 4.69) is 31.0 Å². The van der Waals surface area contributed by atoms with Crippen LogP contribution in [0.4, 0.5) is 0 Å². The van der Waals surface area contributed by atoms with Crippen LogP contribution in [0, 0.1) is 11.8 Å². The van der Waals surface area contributed by atoms with Crippen molar-refractivity contribution in [1.82, 2.24) is 10.2 Å². The van der Waals surface area contributed by atoms with Crippen LogP contribution in [0.15, 0.2) is 0 Å². The lowest BCUT2D eigenvalue weighted by Gasteiger charge is -2.36. The zero-order chi connectivity index (χ0) is 13.0. The smallest absolute Gasteiger partial charge is 0.0594 e. The van der Waals surface area contributed by atoms with Gasteiger partial charge in [0.1, 0.15) is 0 Å². The molecule has 1 N–H and O–H groups in total. The van der Waals surface area contributed by atoms with E-state index in [1.165, 1.54) is 25.8 Å². The Bertz CT molecular complexity index is 231. The van der Waals surface area contributed by atoms with Gasteiger partial charge >= 0.3 is 0 Å². The lowest BCUT2D eigenvalue weighted by Crippen LogP contribution is -2.48. The summed E-state index contributed by atoms with van der Waals surface area (Å²) in [4.78, 5) is 2.52. The molecule has 106 valence electrons. The molecule has 1 aliphatic heterocycles. The largest absolute Gasteiger partial charge is 0.379 e. The molecule has 2 fully saturated rings. The topological polar surface area (TPSA) is 24.5 Å². The minimum atomic E-state index is 0.602. The van der Waals surface area contributed by atoms with Crippen molar-refractivity contribution < 1.29 is 4.74 Å². The van der Waals surface area contributed by atoms with Crippen molar-refractivity contribution >= 4 is 0 Å². The van der Waals surface area contributed by atoms with Crippen LogP contribution in [0.25, 0.3) is 0 Å². The SMILES string of the molecule is CC1CC(C)CC(NC(C)CN2CCOCC2)C1. The van der Waals surface area contributed by atoms with Gasteiger partial charge in [0.2, 0.25) is 0 Å². The molecule has 1 aliphatic carbocycles. The van der Waals surface area contributed by atoms with Crippen molar-refractivity contribution in [2.75, 3.05) is 32.8 Å². The highest BCUT2D eigenvalue weighted by Crippen LogP contribution is 2.28. The predicted octanol–water partition coefficient (Wildman–Crippen LogP) is 2.12. The lowest BCUT2D eigenvalue weighted by molar-refractivity contribution is 0.0332. The van der Waals surface area contributed by atoms with E-state index in [0.717, 1.165) is 44.2 Å². The third-order valence-corrected chi connectivity index (χ3v) is 4.33. The molecular formula is C15H30N2O. The van der Waals surface area contributed by atoms with Crippen LogP contribution in [0.3, 0.4) is 0 Å². The Labute approximate surface area is 112 Å². The molecule has 0 bridgehead atoms. The Kier molecular flexibility index (Phi) is 5.46. The van der Waals surface area contributed by atoms with E-state index in [1.54, 1.807) is 0 Å². The molecule has 3 heteroatoms. The summed E-state index contributed by atoms with van der Waals surface area (Å²) in [6.45, 7) is 12.3. The molecular weight excluding hydrogens is 224 g/mol. The Morgan fingerprint density at radius 1 is 1.11 bits per heavy atom. The lowest BCUT2D eigenvalue weighted by atomic mass is 9.80. The van der Waals surface area contributed by atoms with Crippen molar-refractivity contribution in [3.8, 4) is 0 Å². The molecule has 2 aliphatic rings. The molecule has 0 amide bonds. The van der Waals surface area contributed by atoms with Gasteiger partial charge in [-0.2, -0.15) is 0 Å². The molecule has 0 aromatic heterocycles. The molecule has 0 spiro atoms. The van der Waals surface area contributed by atoms with E-state index < -0.39 is 0 Å². The van der Waals surface area contributed by atoms with E-state index in [0.29, 0.717) is 6.04 Å². The summed E-state index contributed by atoms with van der Waals surface area (Å²) in [6, 6.07) is 1.34. The summed E-state index contributed by atoms with van der Waals surface area (Å²) in [5.74, 6) is 1.78. The van der Waals surface area contributed by atoms with Gasteiger partial charge in [0.25, 0.3) is 0 Å². The maximum absolute atomic E-state index is 5.40. The fourth-order valence-corrected chi connectivity index (χ4v) is 3.71. The Hall–Kier alpha value is -0.120. The van der Waals surface area contributed by atoms with Crippen LogP contribution in [-0.4, -0.2) is 49.8 Å². The maximum atomic E-state index is 5.40. The van der Waals surface area contributed by atoms with Crippen molar-refractivity contribution in [3.63, 3.8) is 0 Å². The summed E-state index contributed by atoms with van der Waals surface area (Å²) < 4.78 is 5.40. The van der Waals surface area contributed by atoms with Gasteiger partial charge in [-0.15, -0.1) is 0 Å². The first-order valence-corrected chi connectivity index (χ1v) is 7.69. The van der Waals surface area contributed by atoms with Gasteiger partial charge in [-0.05, 0) is 38.0 Å². The van der Waals surface area contributed by atoms with Gasteiger partial charge in [0.05, 0.1) is 13.2 Å². The van der Waals surface area contributed by atoms with Crippen LogP contribution in [0.1, 0.15) is 40.0 Å². The van der Waals surface area contributed by atoms with E-state index in [9.17, 15) is 0 Å². The average Bonchev–Trinajstić information content (AvgIpc) is 2.28. The molecule has 2 rings (SSSR count). The number of rotatable bonds is 4. The second kappa shape index (κ2) is 6.88. The standard InChI is InChI=1S/C15H30N2O/c1-12-8-13(2)10-15(9-12)16-14(3)11-17-4-6-18-7-5-17/h12-16H,4-11H2,1-3H3. The van der Waals surface area contributed by atoms with E-state index in [4.69, 9.17) is 4.74 Å². The predicted molar refractivity (Wildman–Crippen MR) is 75.8 cm³/mol. The summed E-state index contributed by atoms with van der Waals surface area (Å²) in [5, 5.41) is 3.84. The van der Waals surface area contributed by atoms with E-state index >= 15 is 0 Å². The molecule has 3 atom stereocenters. The first-order chi connectivity index (χ1) is 8.63. The molecule has 18 heavy (non-hydrogen) atoms. The number of hydrogen-bond acceptors (Lipinski definition) is 3. The zero-order valence-electron chi connectivity index (χ0n) is 12.3. The number of nitrogens with zero attached hydrogens (tertiary/aromatic N) is 1. The normalized spacial score (nSPS) is 36.5. The minimum absolute atomic E-state index is 0.602. The van der Waals surface area contributed by atoms with E-state index in [1.807, 2.05) is 0 Å². The molecule has 0 aromatic carbocycles. The molecule has 0 radical (unpaired) electrons. The van der Waals surface area contributed by atoms with E-state index in [-0.39, 0.29) is 0 Å². The number of ether oxygens (including phenoxy) is 1. The van der Waals surface area contributed by atoms with Crippen LogP contribution < -0.4 is 5.32 Å². The fraction of sp³-hybridized carbons (Fsp3) is 1.00. The van der Waals surface area contributed by atoms with Crippen molar-refractivity contribution in [2.24, 2.45) is 11.8 Å². The summed E-state index contributed by atoms with van der Waals surface area (Å²) >= 11 is 0. The molecule has 3 nitrogen and oxygen atoms in total. The number of morpholine rings is 1. The van der Waals surface area contributed by atoms with Gasteiger partial charge in [-0.1, -0.05) is 13.8 Å². The first kappa shape index (κ1) is 14.3. The molecule has 1 heterocycles. The summed E-state index contributed by atoms with van der Waals surface area (Å²) in [5.41, 5.74) is 0. The van der Waals surface area contributed by atoms with Gasteiger partial charge in [0, 0.05) is 31.7 Å². The van der Waals surface area contributed by atoms with Gasteiger partial charge in [-0.3, -0.25) is 4.90 Å². The van der Waals surface area contributed by atoms with Crippen LogP contribution in [-0.2, 0) is 4.74 Å². The van der Waals surface area contributed by atoms with Crippen LogP contribution in [0.5, 0.6) is 0 Å². The molecule has 0 aromatic rings. The Morgan fingerprint density at radius 3 is 2.33 bits per heavy atom. The molecule has 1 saturated carbocycles. The monoisotopic (exact) mass is 254 g/mol. The number of nitrogens with one attached hydrogen (secondary N) is 1. The highest BCUT2D eigenvalue weighted by Gasteiger charge is 2.25. The highest BCUT2D eigenvalue weighted by molar-refractivity contribution is 4.82. The highest BCUT2D eigenvalue weighted by atomic mass is 16.5. The van der Waals surface area contributed by atoms with Crippen LogP contribution in [0.2, 0.25) is 0 Å². The summed E-state index contributed by atoms with van der Waals surface area (Å²) in [6.07, 6.45) is 4.13. The van der Waals surface area contributed by atoms with Crippen LogP contribution >= 0.6 is 0 Å². The second-order valence-electron chi connectivity index (χ2n) is 6.60. The third-order valence-electron chi connectivity index (χ3n) is 4.33. The fourth-order valence-electron chi connectivity index (χ4n) is 3.71. The third kappa shape index (κ3) is 4.52. The minimum Gasteiger partial charge on any atom is -0.379 e. The molecule has 1 saturated heterocycles. The Morgan fingerprint density at radius 2 is 1.72 bits per heavy atom. The zero-order valence-corrected chi connectivity index (χ0v) is 12.3. The number of hydrogen-bond donors (Lipinski definition) is 1. The summed E-state index contributed by atoms with van der Waals surface area (Å²) in [7, 11) is 0. The average molecular weight is 254 g/mol. The quantitative estimate of drug-likeness (QED) is 0.832.